The number of para-hydroxylation sites is 1. The van der Waals surface area contributed by atoms with Crippen molar-refractivity contribution in [1.82, 2.24) is 4.90 Å². The molecular weight excluding hydrogens is 318 g/mol. The summed E-state index contributed by atoms with van der Waals surface area (Å²) in [4.78, 5) is 18.3. The van der Waals surface area contributed by atoms with Crippen LogP contribution < -0.4 is 10.6 Å². The number of carbonyl (C=O) groups is 1. The molecule has 1 aliphatic rings. The summed E-state index contributed by atoms with van der Waals surface area (Å²) < 4.78 is 0. The Morgan fingerprint density at radius 2 is 1.79 bits per heavy atom. The molecular formula is C19H25N3OS. The maximum atomic E-state index is 11.6. The SMILES string of the molecule is Cc1cc(CCc2ccccc2N2CCN(C)CC2)c(C(N)=O)s1. The topological polar surface area (TPSA) is 49.6 Å². The van der Waals surface area contributed by atoms with Crippen LogP contribution >= 0.6 is 11.3 Å². The van der Waals surface area contributed by atoms with Crippen molar-refractivity contribution in [2.24, 2.45) is 5.73 Å². The van der Waals surface area contributed by atoms with Crippen molar-refractivity contribution < 1.29 is 4.79 Å². The first-order valence-electron chi connectivity index (χ1n) is 8.45. The summed E-state index contributed by atoms with van der Waals surface area (Å²) in [5.41, 5.74) is 9.28. The van der Waals surface area contributed by atoms with Gasteiger partial charge in [0.1, 0.15) is 0 Å². The van der Waals surface area contributed by atoms with E-state index in [1.807, 2.05) is 6.92 Å². The van der Waals surface area contributed by atoms with Gasteiger partial charge in [0.2, 0.25) is 0 Å². The van der Waals surface area contributed by atoms with Crippen LogP contribution in [0.15, 0.2) is 30.3 Å². The number of anilines is 1. The highest BCUT2D eigenvalue weighted by molar-refractivity contribution is 7.14. The number of likely N-dealkylation sites (N-methyl/N-ethyl adjacent to an activating group) is 1. The van der Waals surface area contributed by atoms with Gasteiger partial charge in [-0.2, -0.15) is 0 Å². The molecule has 5 heteroatoms. The first-order chi connectivity index (χ1) is 11.5. The number of thiophene rings is 1. The zero-order valence-electron chi connectivity index (χ0n) is 14.4. The third kappa shape index (κ3) is 3.79. The van der Waals surface area contributed by atoms with Crippen LogP contribution in [0.2, 0.25) is 0 Å². The van der Waals surface area contributed by atoms with Crippen LogP contribution in [0.25, 0.3) is 0 Å². The number of nitrogens with two attached hydrogens (primary N) is 1. The molecule has 2 aromatic rings. The average Bonchev–Trinajstić information content (AvgIpc) is 2.95. The Bertz CT molecular complexity index is 717. The molecule has 0 aliphatic carbocycles. The maximum Gasteiger partial charge on any atom is 0.259 e. The molecule has 0 radical (unpaired) electrons. The molecule has 1 amide bonds. The molecule has 0 bridgehead atoms. The Kier molecular flexibility index (Phi) is 5.21. The number of nitrogens with zero attached hydrogens (tertiary/aromatic N) is 2. The Morgan fingerprint density at radius 1 is 1.12 bits per heavy atom. The summed E-state index contributed by atoms with van der Waals surface area (Å²) in [6, 6.07) is 10.7. The number of benzene rings is 1. The number of primary amides is 1. The molecule has 0 unspecified atom stereocenters. The van der Waals surface area contributed by atoms with Crippen molar-refractivity contribution >= 4 is 22.9 Å². The van der Waals surface area contributed by atoms with Gasteiger partial charge in [0.15, 0.2) is 0 Å². The lowest BCUT2D eigenvalue weighted by Gasteiger charge is -2.35. The van der Waals surface area contributed by atoms with Gasteiger partial charge in [-0.3, -0.25) is 4.79 Å². The summed E-state index contributed by atoms with van der Waals surface area (Å²) in [6.45, 7) is 6.36. The average molecular weight is 343 g/mol. The van der Waals surface area contributed by atoms with Gasteiger partial charge in [-0.05, 0) is 50.1 Å². The first-order valence-corrected chi connectivity index (χ1v) is 9.27. The van der Waals surface area contributed by atoms with Crippen molar-refractivity contribution in [3.8, 4) is 0 Å². The third-order valence-corrected chi connectivity index (χ3v) is 5.76. The molecule has 1 saturated heterocycles. The van der Waals surface area contributed by atoms with E-state index >= 15 is 0 Å². The van der Waals surface area contributed by atoms with Gasteiger partial charge in [-0.25, -0.2) is 0 Å². The van der Waals surface area contributed by atoms with Crippen molar-refractivity contribution in [1.29, 1.82) is 0 Å². The van der Waals surface area contributed by atoms with Crippen molar-refractivity contribution in [2.75, 3.05) is 38.1 Å². The van der Waals surface area contributed by atoms with Gasteiger partial charge < -0.3 is 15.5 Å². The molecule has 4 nitrogen and oxygen atoms in total. The first kappa shape index (κ1) is 17.0. The normalized spacial score (nSPS) is 15.7. The second kappa shape index (κ2) is 7.36. The molecule has 0 saturated carbocycles. The van der Waals surface area contributed by atoms with E-state index in [0.717, 1.165) is 49.5 Å². The summed E-state index contributed by atoms with van der Waals surface area (Å²) in [5.74, 6) is -0.310. The van der Waals surface area contributed by atoms with Crippen molar-refractivity contribution in [3.05, 3.63) is 51.2 Å². The number of hydrogen-bond donors (Lipinski definition) is 1. The molecule has 3 rings (SSSR count). The Labute approximate surface area is 147 Å². The lowest BCUT2D eigenvalue weighted by atomic mass is 10.0. The predicted octanol–water partition coefficient (Wildman–Crippen LogP) is 2.69. The molecule has 0 atom stereocenters. The highest BCUT2D eigenvalue weighted by Crippen LogP contribution is 2.26. The zero-order chi connectivity index (χ0) is 17.1. The predicted molar refractivity (Wildman–Crippen MR) is 101 cm³/mol. The van der Waals surface area contributed by atoms with E-state index in [2.05, 4.69) is 47.2 Å². The number of aryl methyl sites for hydroxylation is 3. The van der Waals surface area contributed by atoms with Crippen molar-refractivity contribution in [2.45, 2.75) is 19.8 Å². The van der Waals surface area contributed by atoms with Crippen LogP contribution in [-0.4, -0.2) is 44.0 Å². The fraction of sp³-hybridized carbons (Fsp3) is 0.421. The van der Waals surface area contributed by atoms with E-state index in [1.165, 1.54) is 22.6 Å². The van der Waals surface area contributed by atoms with E-state index in [0.29, 0.717) is 4.88 Å². The molecule has 2 N–H and O–H groups in total. The zero-order valence-corrected chi connectivity index (χ0v) is 15.2. The molecule has 1 aromatic heterocycles. The lowest BCUT2D eigenvalue weighted by Crippen LogP contribution is -2.44. The Hall–Kier alpha value is -1.85. The number of carbonyl (C=O) groups excluding carboxylic acids is 1. The second-order valence-electron chi connectivity index (χ2n) is 6.49. The summed E-state index contributed by atoms with van der Waals surface area (Å²) >= 11 is 1.50. The van der Waals surface area contributed by atoms with Gasteiger partial charge in [-0.15, -0.1) is 11.3 Å². The highest BCUT2D eigenvalue weighted by Gasteiger charge is 2.17. The van der Waals surface area contributed by atoms with Crippen LogP contribution in [0.4, 0.5) is 5.69 Å². The number of amides is 1. The summed E-state index contributed by atoms with van der Waals surface area (Å²) in [7, 11) is 2.17. The van der Waals surface area contributed by atoms with E-state index in [4.69, 9.17) is 5.73 Å². The standard InChI is InChI=1S/C19H25N3OS/c1-14-13-16(18(24-14)19(20)23)8-7-15-5-3-4-6-17(15)22-11-9-21(2)10-12-22/h3-6,13H,7-12H2,1-2H3,(H2,20,23). The van der Waals surface area contributed by atoms with E-state index < -0.39 is 0 Å². The monoisotopic (exact) mass is 343 g/mol. The summed E-state index contributed by atoms with van der Waals surface area (Å²) in [6.07, 6.45) is 1.78. The second-order valence-corrected chi connectivity index (χ2v) is 7.75. The van der Waals surface area contributed by atoms with E-state index in [-0.39, 0.29) is 5.91 Å². The smallest absolute Gasteiger partial charge is 0.259 e. The molecule has 0 spiro atoms. The fourth-order valence-corrected chi connectivity index (χ4v) is 4.22. The molecule has 24 heavy (non-hydrogen) atoms. The van der Waals surface area contributed by atoms with Crippen LogP contribution in [-0.2, 0) is 12.8 Å². The summed E-state index contributed by atoms with van der Waals surface area (Å²) in [5, 5.41) is 0. The largest absolute Gasteiger partial charge is 0.369 e. The van der Waals surface area contributed by atoms with Gasteiger partial charge >= 0.3 is 0 Å². The van der Waals surface area contributed by atoms with Gasteiger partial charge in [0.25, 0.3) is 5.91 Å². The molecule has 1 fully saturated rings. The minimum absolute atomic E-state index is 0.310. The van der Waals surface area contributed by atoms with Crippen LogP contribution in [0.1, 0.15) is 25.7 Å². The third-order valence-electron chi connectivity index (χ3n) is 4.66. The molecule has 1 aliphatic heterocycles. The van der Waals surface area contributed by atoms with Gasteiger partial charge in [0.05, 0.1) is 4.88 Å². The van der Waals surface area contributed by atoms with Crippen LogP contribution in [0.5, 0.6) is 0 Å². The fourth-order valence-electron chi connectivity index (χ4n) is 3.31. The number of piperazine rings is 1. The maximum absolute atomic E-state index is 11.6. The Morgan fingerprint density at radius 3 is 2.50 bits per heavy atom. The molecule has 2 heterocycles. The number of rotatable bonds is 5. The van der Waals surface area contributed by atoms with Gasteiger partial charge in [-0.1, -0.05) is 18.2 Å². The van der Waals surface area contributed by atoms with Crippen LogP contribution in [0, 0.1) is 6.92 Å². The minimum Gasteiger partial charge on any atom is -0.369 e. The number of hydrogen-bond acceptors (Lipinski definition) is 4. The molecule has 128 valence electrons. The van der Waals surface area contributed by atoms with Gasteiger partial charge in [0, 0.05) is 36.7 Å². The minimum atomic E-state index is -0.310. The molecule has 1 aromatic carbocycles. The Balaban J connectivity index is 1.75. The quantitative estimate of drug-likeness (QED) is 0.908. The van der Waals surface area contributed by atoms with Crippen molar-refractivity contribution in [3.63, 3.8) is 0 Å². The van der Waals surface area contributed by atoms with E-state index in [9.17, 15) is 4.79 Å². The highest BCUT2D eigenvalue weighted by atomic mass is 32.1. The van der Waals surface area contributed by atoms with Crippen LogP contribution in [0.3, 0.4) is 0 Å². The lowest BCUT2D eigenvalue weighted by molar-refractivity contribution is 0.100. The van der Waals surface area contributed by atoms with E-state index in [1.54, 1.807) is 0 Å².